The van der Waals surface area contributed by atoms with Gasteiger partial charge >= 0.3 is 12.2 Å². The summed E-state index contributed by atoms with van der Waals surface area (Å²) in [7, 11) is 0. The molecule has 3 rings (SSSR count). The number of rotatable bonds is 3. The van der Waals surface area contributed by atoms with E-state index in [1.165, 1.54) is 0 Å². The van der Waals surface area contributed by atoms with E-state index in [1.54, 1.807) is 9.80 Å². The monoisotopic (exact) mass is 445 g/mol. The first-order valence-electron chi connectivity index (χ1n) is 11.4. The molecule has 0 aromatic heterocycles. The second-order valence-corrected chi connectivity index (χ2v) is 9.61. The minimum absolute atomic E-state index is 0.0792. The molecule has 1 atom stereocenters. The zero-order valence-electron chi connectivity index (χ0n) is 19.6. The molecule has 3 amide bonds. The SMILES string of the molecule is CC1CN(C(=O)OCc2ccccc2)CCN1C(=O)C1CCN(C(=O)OC(C)(C)C)CC1. The van der Waals surface area contributed by atoms with Crippen LogP contribution in [0.4, 0.5) is 9.59 Å². The molecule has 0 radical (unpaired) electrons. The fourth-order valence-electron chi connectivity index (χ4n) is 4.13. The molecule has 0 bridgehead atoms. The molecule has 0 N–H and O–H groups in total. The van der Waals surface area contributed by atoms with E-state index in [9.17, 15) is 14.4 Å². The maximum absolute atomic E-state index is 13.1. The van der Waals surface area contributed by atoms with Gasteiger partial charge in [-0.25, -0.2) is 9.59 Å². The smallest absolute Gasteiger partial charge is 0.410 e. The number of nitrogens with zero attached hydrogens (tertiary/aromatic N) is 3. The highest BCUT2D eigenvalue weighted by molar-refractivity contribution is 5.80. The second-order valence-electron chi connectivity index (χ2n) is 9.61. The Kier molecular flexibility index (Phi) is 7.64. The Bertz CT molecular complexity index is 800. The minimum Gasteiger partial charge on any atom is -0.445 e. The van der Waals surface area contributed by atoms with Crippen LogP contribution in [-0.4, -0.2) is 77.2 Å². The predicted octanol–water partition coefficient (Wildman–Crippen LogP) is 3.50. The van der Waals surface area contributed by atoms with Crippen molar-refractivity contribution in [1.82, 2.24) is 14.7 Å². The van der Waals surface area contributed by atoms with Gasteiger partial charge in [-0.1, -0.05) is 30.3 Å². The lowest BCUT2D eigenvalue weighted by Crippen LogP contribution is -2.57. The second kappa shape index (κ2) is 10.2. The molecule has 0 aliphatic carbocycles. The molecule has 2 saturated heterocycles. The summed E-state index contributed by atoms with van der Waals surface area (Å²) < 4.78 is 10.9. The van der Waals surface area contributed by atoms with Crippen LogP contribution in [-0.2, 0) is 20.9 Å². The summed E-state index contributed by atoms with van der Waals surface area (Å²) in [6, 6.07) is 9.50. The number of hydrogen-bond donors (Lipinski definition) is 0. The summed E-state index contributed by atoms with van der Waals surface area (Å²) in [5.74, 6) is 0.00589. The predicted molar refractivity (Wildman–Crippen MR) is 120 cm³/mol. The van der Waals surface area contributed by atoms with Crippen LogP contribution in [0.3, 0.4) is 0 Å². The summed E-state index contributed by atoms with van der Waals surface area (Å²) in [6.45, 7) is 10.2. The molecular formula is C24H35N3O5. The van der Waals surface area contributed by atoms with E-state index in [4.69, 9.17) is 9.47 Å². The van der Waals surface area contributed by atoms with Crippen LogP contribution in [0, 0.1) is 5.92 Å². The molecule has 2 aliphatic heterocycles. The third-order valence-electron chi connectivity index (χ3n) is 5.87. The van der Waals surface area contributed by atoms with E-state index in [0.29, 0.717) is 45.6 Å². The van der Waals surface area contributed by atoms with E-state index in [2.05, 4.69) is 0 Å². The summed E-state index contributed by atoms with van der Waals surface area (Å²) in [5.41, 5.74) is 0.418. The van der Waals surface area contributed by atoms with Gasteiger partial charge in [0.25, 0.3) is 0 Å². The van der Waals surface area contributed by atoms with Gasteiger partial charge in [0.2, 0.25) is 5.91 Å². The molecular weight excluding hydrogens is 410 g/mol. The van der Waals surface area contributed by atoms with Crippen molar-refractivity contribution >= 4 is 18.1 Å². The number of ether oxygens (including phenoxy) is 2. The molecule has 32 heavy (non-hydrogen) atoms. The zero-order chi connectivity index (χ0) is 23.3. The van der Waals surface area contributed by atoms with Crippen LogP contribution >= 0.6 is 0 Å². The van der Waals surface area contributed by atoms with Gasteiger partial charge in [-0.15, -0.1) is 0 Å². The largest absolute Gasteiger partial charge is 0.445 e. The van der Waals surface area contributed by atoms with Crippen molar-refractivity contribution in [3.05, 3.63) is 35.9 Å². The molecule has 8 heteroatoms. The van der Waals surface area contributed by atoms with E-state index < -0.39 is 5.60 Å². The molecule has 0 saturated carbocycles. The maximum atomic E-state index is 13.1. The van der Waals surface area contributed by atoms with E-state index in [-0.39, 0.29) is 36.7 Å². The van der Waals surface area contributed by atoms with Crippen LogP contribution in [0.2, 0.25) is 0 Å². The molecule has 1 aromatic rings. The molecule has 176 valence electrons. The first-order chi connectivity index (χ1) is 15.1. The lowest BCUT2D eigenvalue weighted by atomic mass is 9.94. The average molecular weight is 446 g/mol. The van der Waals surface area contributed by atoms with Crippen molar-refractivity contribution < 1.29 is 23.9 Å². The highest BCUT2D eigenvalue weighted by atomic mass is 16.6. The van der Waals surface area contributed by atoms with Crippen molar-refractivity contribution in [3.8, 4) is 0 Å². The molecule has 0 spiro atoms. The first-order valence-corrected chi connectivity index (χ1v) is 11.4. The van der Waals surface area contributed by atoms with Gasteiger partial charge in [-0.2, -0.15) is 0 Å². The molecule has 8 nitrogen and oxygen atoms in total. The number of carbonyl (C=O) groups excluding carboxylic acids is 3. The standard InChI is InChI=1S/C24H35N3O5/c1-18-16-26(22(29)31-17-19-8-6-5-7-9-19)14-15-27(18)21(28)20-10-12-25(13-11-20)23(30)32-24(2,3)4/h5-9,18,20H,10-17H2,1-4H3. The Morgan fingerprint density at radius 3 is 2.19 bits per heavy atom. The van der Waals surface area contributed by atoms with Crippen molar-refractivity contribution in [1.29, 1.82) is 0 Å². The van der Waals surface area contributed by atoms with Crippen LogP contribution in [0.1, 0.15) is 46.1 Å². The molecule has 1 unspecified atom stereocenters. The highest BCUT2D eigenvalue weighted by Gasteiger charge is 2.36. The van der Waals surface area contributed by atoms with Gasteiger partial charge in [-0.3, -0.25) is 4.79 Å². The number of hydrogen-bond acceptors (Lipinski definition) is 5. The van der Waals surface area contributed by atoms with E-state index in [0.717, 1.165) is 5.56 Å². The summed E-state index contributed by atoms with van der Waals surface area (Å²) >= 11 is 0. The third kappa shape index (κ3) is 6.37. The minimum atomic E-state index is -0.527. The third-order valence-corrected chi connectivity index (χ3v) is 5.87. The Labute approximate surface area is 190 Å². The number of piperazine rings is 1. The van der Waals surface area contributed by atoms with Gasteiger partial charge in [0, 0.05) is 44.7 Å². The molecule has 2 fully saturated rings. The van der Waals surface area contributed by atoms with Crippen molar-refractivity contribution in [2.75, 3.05) is 32.7 Å². The van der Waals surface area contributed by atoms with Crippen molar-refractivity contribution in [2.24, 2.45) is 5.92 Å². The van der Waals surface area contributed by atoms with E-state index >= 15 is 0 Å². The van der Waals surface area contributed by atoms with E-state index in [1.807, 2.05) is 62.9 Å². The Balaban J connectivity index is 1.45. The number of benzene rings is 1. The van der Waals surface area contributed by atoms with Gasteiger partial charge in [0.05, 0.1) is 0 Å². The number of carbonyl (C=O) groups is 3. The van der Waals surface area contributed by atoms with Crippen molar-refractivity contribution in [3.63, 3.8) is 0 Å². The fourth-order valence-corrected chi connectivity index (χ4v) is 4.13. The molecule has 2 heterocycles. The lowest BCUT2D eigenvalue weighted by Gasteiger charge is -2.42. The van der Waals surface area contributed by atoms with Gasteiger partial charge in [0.1, 0.15) is 12.2 Å². The maximum Gasteiger partial charge on any atom is 0.410 e. The Morgan fingerprint density at radius 1 is 0.938 bits per heavy atom. The van der Waals surface area contributed by atoms with Gasteiger partial charge in [-0.05, 0) is 46.1 Å². The van der Waals surface area contributed by atoms with Crippen molar-refractivity contribution in [2.45, 2.75) is 58.8 Å². The van der Waals surface area contributed by atoms with Crippen LogP contribution in [0.25, 0.3) is 0 Å². The molecule has 2 aliphatic rings. The van der Waals surface area contributed by atoms with Gasteiger partial charge < -0.3 is 24.2 Å². The average Bonchev–Trinajstić information content (AvgIpc) is 2.76. The first kappa shape index (κ1) is 23.9. The quantitative estimate of drug-likeness (QED) is 0.711. The van der Waals surface area contributed by atoms with Crippen LogP contribution < -0.4 is 0 Å². The number of likely N-dealkylation sites (tertiary alicyclic amines) is 1. The summed E-state index contributed by atoms with van der Waals surface area (Å²) in [4.78, 5) is 43.0. The van der Waals surface area contributed by atoms with Crippen LogP contribution in [0.15, 0.2) is 30.3 Å². The summed E-state index contributed by atoms with van der Waals surface area (Å²) in [5, 5.41) is 0. The van der Waals surface area contributed by atoms with Crippen LogP contribution in [0.5, 0.6) is 0 Å². The highest BCUT2D eigenvalue weighted by Crippen LogP contribution is 2.24. The summed E-state index contributed by atoms with van der Waals surface area (Å²) in [6.07, 6.45) is 0.590. The zero-order valence-corrected chi connectivity index (χ0v) is 19.6. The number of amides is 3. The molecule has 1 aromatic carbocycles. The topological polar surface area (TPSA) is 79.4 Å². The Morgan fingerprint density at radius 2 is 1.59 bits per heavy atom. The normalized spacial score (nSPS) is 20.1. The van der Waals surface area contributed by atoms with Gasteiger partial charge in [0.15, 0.2) is 0 Å². The fraction of sp³-hybridized carbons (Fsp3) is 0.625. The number of piperidine rings is 1. The Hall–Kier alpha value is -2.77. The lowest BCUT2D eigenvalue weighted by molar-refractivity contribution is -0.141.